The number of anilines is 4. The van der Waals surface area contributed by atoms with Crippen LogP contribution < -0.4 is 38.9 Å². The van der Waals surface area contributed by atoms with Gasteiger partial charge in [-0.25, -0.2) is 49.2 Å². The Balaban J connectivity index is 0.000000106. The van der Waals surface area contributed by atoms with Crippen LogP contribution in [0.3, 0.4) is 0 Å². The SMILES string of the molecule is Nc1nccn2c(C3CCC(CNC(=O)c4c[nH]c5ccccc45)CC3)nc(-c3cc4ccccc4[nH]3)c12.Nc1nccn2c(C3CCC(CNC(=O)c4ccc5ccccc5n4)CC3)nc(-c3cc4ccccc4[nH]3)c12.Nc1nccn2c(C3CCC(CNC(=O)c4sc5cc(F)ccc5c4Cl)CC3)nc(-c3cc4ccccc4[nH]3)c12.Nc1nccn2c(C3CCC3)nc(-c3cc4c(Cl)cccc4[nH]3)c12. The van der Waals surface area contributed by atoms with Crippen LogP contribution in [0.4, 0.5) is 27.7 Å². The number of nitrogens with one attached hydrogen (secondary N) is 8. The molecule has 15 aromatic heterocycles. The van der Waals surface area contributed by atoms with Crippen LogP contribution >= 0.6 is 34.5 Å². The summed E-state index contributed by atoms with van der Waals surface area (Å²) in [6, 6.07) is 62.7. The molecule has 16 N–H and O–H groups in total. The van der Waals surface area contributed by atoms with E-state index in [1.807, 2.05) is 146 Å². The van der Waals surface area contributed by atoms with E-state index in [0.717, 1.165) is 238 Å². The summed E-state index contributed by atoms with van der Waals surface area (Å²) in [5.74, 6) is 7.98. The van der Waals surface area contributed by atoms with Crippen molar-refractivity contribution in [3.63, 3.8) is 0 Å². The highest BCUT2D eigenvalue weighted by atomic mass is 35.5. The highest BCUT2D eigenvalue weighted by Gasteiger charge is 2.35. The maximum atomic E-state index is 13.6. The normalized spacial score (nSPS) is 17.3. The van der Waals surface area contributed by atoms with Crippen molar-refractivity contribution in [2.75, 3.05) is 42.6 Å². The topological polar surface area (TPSA) is 404 Å². The number of nitrogens with zero attached hydrogens (tertiary/aromatic N) is 13. The summed E-state index contributed by atoms with van der Waals surface area (Å²) in [5.41, 5.74) is 42.9. The Morgan fingerprint density at radius 3 is 1.23 bits per heavy atom. The molecule has 0 atom stereocenters. The number of amides is 3. The maximum Gasteiger partial charge on any atom is 0.269 e. The fourth-order valence-corrected chi connectivity index (χ4v) is 22.9. The van der Waals surface area contributed by atoms with E-state index >= 15 is 0 Å². The molecular weight excluding hydrogens is 1830 g/mol. The molecule has 0 aliphatic heterocycles. The zero-order valence-corrected chi connectivity index (χ0v) is 79.2. The lowest BCUT2D eigenvalue weighted by atomic mass is 9.81. The molecule has 26 rings (SSSR count). The Kier molecular flexibility index (Phi) is 23.9. The number of H-pyrrole nitrogens is 5. The van der Waals surface area contributed by atoms with Gasteiger partial charge >= 0.3 is 0 Å². The Labute approximate surface area is 820 Å². The highest BCUT2D eigenvalue weighted by molar-refractivity contribution is 7.21. The molecule has 3 amide bonds. The van der Waals surface area contributed by atoms with Crippen LogP contribution in [0, 0.1) is 23.6 Å². The molecule has 0 saturated heterocycles. The third kappa shape index (κ3) is 17.3. The number of hydrogen-bond acceptors (Lipinski definition) is 17. The fraction of sp³-hybridized carbons (Fsp3) is 0.229. The highest BCUT2D eigenvalue weighted by Crippen LogP contribution is 2.46. The average Bonchev–Trinajstić information content (AvgIpc) is 1.61. The first-order valence-corrected chi connectivity index (χ1v) is 49.7. The molecular formula is C109H100Cl2FN25O3S. The van der Waals surface area contributed by atoms with Gasteiger partial charge in [-0.1, -0.05) is 133 Å². The van der Waals surface area contributed by atoms with Gasteiger partial charge in [0.1, 0.15) is 108 Å². The number of aromatic nitrogens is 18. The number of aromatic amines is 5. The Hall–Kier alpha value is -15.8. The number of imidazole rings is 4. The summed E-state index contributed by atoms with van der Waals surface area (Å²) in [6.45, 7) is 1.91. The number of halogens is 3. The molecule has 4 fully saturated rings. The van der Waals surface area contributed by atoms with E-state index in [9.17, 15) is 18.8 Å². The number of para-hydroxylation sites is 5. The number of hydrogen-bond donors (Lipinski definition) is 12. The van der Waals surface area contributed by atoms with Crippen molar-refractivity contribution in [1.29, 1.82) is 0 Å². The van der Waals surface area contributed by atoms with E-state index in [1.54, 1.807) is 43.1 Å². The van der Waals surface area contributed by atoms with Gasteiger partial charge in [0.15, 0.2) is 0 Å². The van der Waals surface area contributed by atoms with Gasteiger partial charge in [0.2, 0.25) is 0 Å². The summed E-state index contributed by atoms with van der Waals surface area (Å²) >= 11 is 14.0. The van der Waals surface area contributed by atoms with Crippen molar-refractivity contribution < 1.29 is 18.8 Å². The number of rotatable bonds is 17. The van der Waals surface area contributed by atoms with Gasteiger partial charge in [-0.05, 0) is 199 Å². The molecule has 4 aliphatic carbocycles. The van der Waals surface area contributed by atoms with Gasteiger partial charge in [-0.3, -0.25) is 32.0 Å². The molecule has 0 spiro atoms. The third-order valence-corrected chi connectivity index (χ3v) is 30.9. The standard InChI is InChI=1S/C31H29N7O.C30H26ClFN6OS.C30H29N7O.C18H16ClN5/c32-29-28-27(26-17-22-6-2-4-8-24(22)36-26)37-30(38(28)16-15-33-29)21-11-9-19(10-12-21)18-34-31(39)25-14-13-20-5-1-3-7-23(20)35-25;31-24-20-10-9-19(32)14-23(20)40-27(24)30(39)35-15-16-5-7-17(8-6-16)29-37-25(26-28(33)34-11-12-38(26)29)22-13-18-3-1-2-4-21(18)36-22;31-28-27-26(25-15-20-5-1-3-7-23(20)35-25)36-29(37(27)14-13-32-28)19-11-9-18(10-12-19)16-34-30(38)22-17-33-24-8-4-2-6-21(22)24;19-12-5-2-6-13-11(12)9-14(22-13)15-16-17(20)21-7-8-24(16)18(23-15)10-3-1-4-10/h1-8,13-17,19,21,36H,9-12,18H2,(H2,32,33)(H,34,39);1-4,9-14,16-17,36H,5-8,15H2,(H2,33,34)(H,35,39);1-8,13-15,17-19,33,35H,9-12,16H2,(H2,31,32)(H,34,38);2,5-10,22H,1,3-4H2,(H2,20,21). The van der Waals surface area contributed by atoms with Crippen LogP contribution in [0.15, 0.2) is 250 Å². The molecule has 0 unspecified atom stereocenters. The number of thiophene rings is 1. The molecule has 4 saturated carbocycles. The van der Waals surface area contributed by atoms with Gasteiger partial charge in [0.05, 0.1) is 38.9 Å². The zero-order chi connectivity index (χ0) is 95.6. The summed E-state index contributed by atoms with van der Waals surface area (Å²) in [7, 11) is 0. The molecule has 15 heterocycles. The molecule has 22 aromatic rings. The van der Waals surface area contributed by atoms with Crippen molar-refractivity contribution in [2.24, 2.45) is 17.8 Å². The molecule has 4 aliphatic rings. The summed E-state index contributed by atoms with van der Waals surface area (Å²) in [5, 5.41) is 17.5. The van der Waals surface area contributed by atoms with Gasteiger partial charge in [-0.2, -0.15) is 0 Å². The summed E-state index contributed by atoms with van der Waals surface area (Å²) in [6.07, 6.45) is 32.2. The number of benzene rings is 7. The minimum absolute atomic E-state index is 0.0187. The van der Waals surface area contributed by atoms with Crippen LogP contribution in [-0.4, -0.2) is 125 Å². The molecule has 0 radical (unpaired) electrons. The first-order chi connectivity index (χ1) is 69.0. The van der Waals surface area contributed by atoms with Crippen molar-refractivity contribution in [3.05, 3.63) is 305 Å². The second-order valence-corrected chi connectivity index (χ2v) is 39.4. The van der Waals surface area contributed by atoms with Gasteiger partial charge in [-0.15, -0.1) is 11.3 Å². The van der Waals surface area contributed by atoms with E-state index in [0.29, 0.717) is 110 Å². The van der Waals surface area contributed by atoms with Gasteiger partial charge in [0, 0.05) is 174 Å². The van der Waals surface area contributed by atoms with Crippen molar-refractivity contribution in [3.8, 4) is 45.6 Å². The lowest BCUT2D eigenvalue weighted by Crippen LogP contribution is -2.31. The number of pyridine rings is 1. The quantitative estimate of drug-likeness (QED) is 0.0403. The lowest BCUT2D eigenvalue weighted by molar-refractivity contribution is 0.0932. The van der Waals surface area contributed by atoms with Crippen LogP contribution in [-0.2, 0) is 0 Å². The molecule has 28 nitrogen and oxygen atoms in total. The van der Waals surface area contributed by atoms with E-state index < -0.39 is 0 Å². The predicted octanol–water partition coefficient (Wildman–Crippen LogP) is 22.9. The van der Waals surface area contributed by atoms with Crippen LogP contribution in [0.5, 0.6) is 0 Å². The van der Waals surface area contributed by atoms with Crippen LogP contribution in [0.25, 0.3) is 143 Å². The molecule has 141 heavy (non-hydrogen) atoms. The monoisotopic (exact) mass is 1930 g/mol. The Bertz CT molecular complexity index is 8440. The molecule has 7 aromatic carbocycles. The first-order valence-electron chi connectivity index (χ1n) is 48.1. The van der Waals surface area contributed by atoms with Crippen LogP contribution in [0.1, 0.15) is 174 Å². The van der Waals surface area contributed by atoms with Crippen LogP contribution in [0.2, 0.25) is 10.0 Å². The molecule has 0 bridgehead atoms. The molecule has 32 heteroatoms. The van der Waals surface area contributed by atoms with Crippen molar-refractivity contribution >= 4 is 173 Å². The average molecular weight is 1930 g/mol. The smallest absolute Gasteiger partial charge is 0.269 e. The van der Waals surface area contributed by atoms with Crippen molar-refractivity contribution in [2.45, 2.75) is 120 Å². The molecule has 706 valence electrons. The van der Waals surface area contributed by atoms with E-state index in [-0.39, 0.29) is 29.5 Å². The number of nitrogen functional groups attached to an aromatic ring is 4. The first kappa shape index (κ1) is 89.1. The minimum atomic E-state index is -0.341. The summed E-state index contributed by atoms with van der Waals surface area (Å²) in [4.78, 5) is 98.3. The van der Waals surface area contributed by atoms with E-state index in [4.69, 9.17) is 66.1 Å². The predicted molar refractivity (Wildman–Crippen MR) is 558 cm³/mol. The van der Waals surface area contributed by atoms with E-state index in [1.165, 1.54) is 42.7 Å². The largest absolute Gasteiger partial charge is 0.382 e. The second kappa shape index (κ2) is 37.8. The lowest BCUT2D eigenvalue weighted by Gasteiger charge is -2.28. The minimum Gasteiger partial charge on any atom is -0.382 e. The Morgan fingerprint density at radius 2 is 0.780 bits per heavy atom. The zero-order valence-electron chi connectivity index (χ0n) is 76.8. The summed E-state index contributed by atoms with van der Waals surface area (Å²) < 4.78 is 22.7. The Morgan fingerprint density at radius 1 is 0.383 bits per heavy atom. The van der Waals surface area contributed by atoms with Gasteiger partial charge in [0.25, 0.3) is 17.7 Å². The number of carbonyl (C=O) groups excluding carboxylic acids is 3. The van der Waals surface area contributed by atoms with Gasteiger partial charge < -0.3 is 63.8 Å². The maximum absolute atomic E-state index is 13.6. The third-order valence-electron chi connectivity index (χ3n) is 28.9. The second-order valence-electron chi connectivity index (χ2n) is 37.5. The van der Waals surface area contributed by atoms with E-state index in [2.05, 4.69) is 132 Å². The number of carbonyl (C=O) groups is 3. The van der Waals surface area contributed by atoms with Crippen molar-refractivity contribution in [1.82, 2.24) is 103 Å². The fourth-order valence-electron chi connectivity index (χ4n) is 21.3. The number of nitrogens with two attached hydrogens (primary N) is 4. The number of fused-ring (bicyclic) bond motifs is 11.